The number of benzene rings is 5. The van der Waals surface area contributed by atoms with Crippen LogP contribution in [0.25, 0.3) is 10.8 Å². The van der Waals surface area contributed by atoms with E-state index in [0.717, 1.165) is 10.8 Å². The minimum Gasteiger partial charge on any atom is -0.394 e. The number of fused-ring (bicyclic) bond motifs is 1. The first kappa shape index (κ1) is 87.2. The number of unbranched alkanes of at least 4 members (excludes halogenated alkanes) is 1. The number of carbonyl (C=O) groups is 13. The van der Waals surface area contributed by atoms with Gasteiger partial charge in [-0.15, -0.1) is 0 Å². The normalized spacial score (nSPS) is 15.3. The zero-order chi connectivity index (χ0) is 81.0. The van der Waals surface area contributed by atoms with Crippen molar-refractivity contribution >= 4 is 121 Å². The van der Waals surface area contributed by atoms with Gasteiger partial charge in [0.1, 0.15) is 54.4 Å². The average Bonchev–Trinajstić information content (AvgIpc) is 1.79. The van der Waals surface area contributed by atoms with E-state index in [1.165, 1.54) is 95.2 Å². The van der Waals surface area contributed by atoms with E-state index in [9.17, 15) is 62.1 Å². The summed E-state index contributed by atoms with van der Waals surface area (Å²) in [4.78, 5) is 187. The van der Waals surface area contributed by atoms with Crippen LogP contribution in [0.2, 0.25) is 5.02 Å². The van der Waals surface area contributed by atoms with Gasteiger partial charge in [-0.1, -0.05) is 124 Å². The summed E-state index contributed by atoms with van der Waals surface area (Å²) in [5, 5.41) is 43.0. The number of nitrogens with two attached hydrogens (primary N) is 1. The van der Waals surface area contributed by atoms with Crippen molar-refractivity contribution in [2.24, 2.45) is 5.73 Å². The Morgan fingerprint density at radius 2 is 0.973 bits per heavy atom. The molecule has 1 aliphatic rings. The number of amides is 13. The molecule has 1 aliphatic heterocycles. The van der Waals surface area contributed by atoms with Gasteiger partial charge in [0.05, 0.1) is 17.4 Å². The van der Waals surface area contributed by atoms with Crippen LogP contribution in [0.4, 0.5) is 11.4 Å². The van der Waals surface area contributed by atoms with Gasteiger partial charge >= 0.3 is 0 Å². The zero-order valence-electron chi connectivity index (χ0n) is 63.3. The maximum atomic E-state index is 15.3. The van der Waals surface area contributed by atoms with Crippen molar-refractivity contribution in [3.05, 3.63) is 173 Å². The first-order valence-corrected chi connectivity index (χ1v) is 38.4. The highest BCUT2D eigenvalue weighted by Crippen LogP contribution is 2.23. The molecule has 5 aromatic carbocycles. The largest absolute Gasteiger partial charge is 0.394 e. The number of nitrogens with one attached hydrogen (secondary N) is 12. The van der Waals surface area contributed by atoms with E-state index in [1.807, 2.05) is 56.3 Å². The number of halogens is 1. The Bertz CT molecular complexity index is 4290. The van der Waals surface area contributed by atoms with Crippen molar-refractivity contribution in [1.29, 1.82) is 0 Å². The van der Waals surface area contributed by atoms with Crippen molar-refractivity contribution in [2.75, 3.05) is 30.3 Å². The summed E-state index contributed by atoms with van der Waals surface area (Å²) in [6.07, 6.45) is 3.33. The number of hydrogen-bond acceptors (Lipinski definition) is 17. The fourth-order valence-corrected chi connectivity index (χ4v) is 13.6. The van der Waals surface area contributed by atoms with E-state index in [4.69, 9.17) is 17.3 Å². The minimum atomic E-state index is -2.26. The smallest absolute Gasteiger partial charge is 0.256 e. The second-order valence-corrected chi connectivity index (χ2v) is 30.4. The average molecular weight is 1570 g/mol. The molecule has 1 unspecified atom stereocenters. The van der Waals surface area contributed by atoms with E-state index >= 15 is 9.59 Å². The third-order valence-electron chi connectivity index (χ3n) is 18.2. The molecule has 32 heteroatoms. The second-order valence-electron chi connectivity index (χ2n) is 27.9. The molecule has 6 aromatic rings. The fourth-order valence-electron chi connectivity index (χ4n) is 12.4. The SMILES string of the molecule is CC(=O)Nc1ccc(C[C@H](NC(=O)[C@H](CO)NC(=O)[C@@H](Cc2cccnc2)NC(=O)[C@@H](Cc2ccc(Cl)cc2)NC(=O)[C@@H](Cc2ccc3ccccc3c2)NC(C)=O)C(=O)N[C@H](Cc2ccc(NC(C)=O)cc2)C(=O)N[C@@H](C(=O)N[C@@H](CCCCNC(C)C)C(=O)N2CCC[C@H]2C(=O)N[C@H](C)C(N)=O)S(=O)C(C)C)cc1. The highest BCUT2D eigenvalue weighted by atomic mass is 35.5. The van der Waals surface area contributed by atoms with Gasteiger partial charge in [0.2, 0.25) is 70.9 Å². The van der Waals surface area contributed by atoms with Crippen molar-refractivity contribution in [2.45, 2.75) is 191 Å². The quantitative estimate of drug-likeness (QED) is 0.0246. The van der Waals surface area contributed by atoms with Crippen LogP contribution in [0, 0.1) is 0 Å². The Hall–Kier alpha value is -11.0. The van der Waals surface area contributed by atoms with Crippen LogP contribution in [0.1, 0.15) is 115 Å². The molecule has 7 rings (SSSR count). The molecule has 0 bridgehead atoms. The lowest BCUT2D eigenvalue weighted by molar-refractivity contribution is -0.142. The van der Waals surface area contributed by atoms with Gasteiger partial charge in [0, 0.05) is 99.5 Å². The Kier molecular flexibility index (Phi) is 33.6. The number of hydrogen-bond donors (Lipinski definition) is 14. The molecule has 30 nitrogen and oxygen atoms in total. The molecular weight excluding hydrogens is 1470 g/mol. The number of aromatic nitrogens is 1. The van der Waals surface area contributed by atoms with Crippen LogP contribution in [-0.2, 0) is 105 Å². The maximum Gasteiger partial charge on any atom is 0.256 e. The van der Waals surface area contributed by atoms with Crippen molar-refractivity contribution < 1.29 is 71.6 Å². The predicted octanol–water partition coefficient (Wildman–Crippen LogP) is 2.47. The highest BCUT2D eigenvalue weighted by Gasteiger charge is 2.41. The van der Waals surface area contributed by atoms with Crippen molar-refractivity contribution in [3.8, 4) is 0 Å². The number of nitrogens with zero attached hydrogens (tertiary/aromatic N) is 2. The molecule has 1 fully saturated rings. The van der Waals surface area contributed by atoms with Gasteiger partial charge in [-0.25, -0.2) is 0 Å². The summed E-state index contributed by atoms with van der Waals surface area (Å²) in [7, 11) is -2.26. The number of aliphatic hydroxyl groups is 1. The molecule has 1 saturated heterocycles. The predicted molar refractivity (Wildman–Crippen MR) is 420 cm³/mol. The van der Waals surface area contributed by atoms with Crippen LogP contribution in [-0.4, -0.2) is 187 Å². The summed E-state index contributed by atoms with van der Waals surface area (Å²) < 4.78 is 14.5. The van der Waals surface area contributed by atoms with Crippen LogP contribution in [0.5, 0.6) is 0 Å². The van der Waals surface area contributed by atoms with E-state index in [2.05, 4.69) is 68.8 Å². The minimum absolute atomic E-state index is 0.0169. The van der Waals surface area contributed by atoms with Crippen LogP contribution in [0.3, 0.4) is 0 Å². The monoisotopic (exact) mass is 1570 g/mol. The number of pyridine rings is 1. The molecule has 111 heavy (non-hydrogen) atoms. The lowest BCUT2D eigenvalue weighted by Crippen LogP contribution is -2.62. The Balaban J connectivity index is 1.19. The molecule has 0 radical (unpaired) electrons. The number of rotatable bonds is 40. The summed E-state index contributed by atoms with van der Waals surface area (Å²) in [6.45, 7) is 11.8. The summed E-state index contributed by atoms with van der Waals surface area (Å²) in [5.41, 5.74) is 8.56. The van der Waals surface area contributed by atoms with Crippen LogP contribution >= 0.6 is 11.6 Å². The zero-order valence-corrected chi connectivity index (χ0v) is 64.9. The molecule has 13 amide bonds. The first-order valence-electron chi connectivity index (χ1n) is 36.7. The topological polar surface area (TPSA) is 446 Å². The molecule has 0 saturated carbocycles. The van der Waals surface area contributed by atoms with E-state index in [-0.39, 0.29) is 63.4 Å². The lowest BCUT2D eigenvalue weighted by atomic mass is 9.99. The molecule has 2 heterocycles. The van der Waals surface area contributed by atoms with Crippen LogP contribution in [0.15, 0.2) is 140 Å². The fraction of sp³-hybridized carbons (Fsp3) is 0.418. The third-order valence-corrected chi connectivity index (χ3v) is 20.1. The molecule has 0 spiro atoms. The van der Waals surface area contributed by atoms with Gasteiger partial charge in [0.25, 0.3) is 5.91 Å². The molecule has 15 N–H and O–H groups in total. The number of likely N-dealkylation sites (tertiary alicyclic amines) is 1. The molecule has 0 aliphatic carbocycles. The van der Waals surface area contributed by atoms with E-state index < -0.39 is 153 Å². The number of anilines is 2. The van der Waals surface area contributed by atoms with Gasteiger partial charge < -0.3 is 79.5 Å². The summed E-state index contributed by atoms with van der Waals surface area (Å²) in [5.74, 6) is -10.4. The summed E-state index contributed by atoms with van der Waals surface area (Å²) >= 11 is 6.26. The number of carbonyl (C=O) groups excluding carboxylic acids is 13. The molecular formula is C79H100ClN15O15S. The first-order chi connectivity index (χ1) is 52.8. The Morgan fingerprint density at radius 3 is 1.45 bits per heavy atom. The van der Waals surface area contributed by atoms with Gasteiger partial charge in [-0.3, -0.25) is 71.5 Å². The number of aliphatic hydroxyl groups excluding tert-OH is 1. The van der Waals surface area contributed by atoms with Gasteiger partial charge in [0.15, 0.2) is 5.37 Å². The van der Waals surface area contributed by atoms with E-state index in [1.54, 1.807) is 48.5 Å². The summed E-state index contributed by atoms with van der Waals surface area (Å²) in [6, 6.07) is 22.3. The molecule has 1 aromatic heterocycles. The highest BCUT2D eigenvalue weighted by molar-refractivity contribution is 7.87. The van der Waals surface area contributed by atoms with Gasteiger partial charge in [-0.2, -0.15) is 0 Å². The number of primary amides is 1. The van der Waals surface area contributed by atoms with E-state index in [0.29, 0.717) is 70.0 Å². The third kappa shape index (κ3) is 27.8. The van der Waals surface area contributed by atoms with Gasteiger partial charge in [-0.05, 0) is 127 Å². The second kappa shape index (κ2) is 42.8. The van der Waals surface area contributed by atoms with Crippen LogP contribution < -0.4 is 69.5 Å². The Labute approximate surface area is 652 Å². The Morgan fingerprint density at radius 1 is 0.514 bits per heavy atom. The molecule has 11 atom stereocenters. The molecule has 594 valence electrons. The standard InChI is InChI=1S/C79H100ClN15O15S/c1-45(2)83-35-12-11-18-61(79(109)95-36-14-19-68(95)76(107)84-47(5)69(81)100)88-77(108)78(111(110)46(3)4)94-74(105)65(40-53-25-32-60(33-26-53)86-49(7)98)90-72(103)64(39-52-23-30-59(31-24-52)85-48(6)97)92-75(106)67(44-96)93-73(104)66(42-55-15-13-34-82-43-55)91-71(102)63(38-51-21-28-58(80)29-22-51)89-70(101)62(87-50(8)99)41-54-20-27-56-16-9-10-17-57(56)37-54/h9-10,13,15-17,20-34,37,43,45-47,61-68,78,83,96H,11-12,14,18-19,35-36,38-42,44H2,1-8H3,(H2,81,100)(H,84,107)(H,85,97)(H,86,98)(H,87,99)(H,88,108)(H,89,101)(H,90,103)(H,91,102)(H,92,106)(H,93,104)(H,94,105)/t47-,61+,62-,63-,64+,65-,66-,67+,68+,78-,111?/m1/s1. The van der Waals surface area contributed by atoms with Crippen molar-refractivity contribution in [1.82, 2.24) is 63.1 Å². The maximum absolute atomic E-state index is 15.3. The lowest BCUT2D eigenvalue weighted by Gasteiger charge is -2.31. The van der Waals surface area contributed by atoms with Crippen molar-refractivity contribution in [3.63, 3.8) is 0 Å².